The summed E-state index contributed by atoms with van der Waals surface area (Å²) in [6, 6.07) is 12.3. The molecule has 1 atom stereocenters. The molecule has 0 bridgehead atoms. The second-order valence-electron chi connectivity index (χ2n) is 8.91. The fourth-order valence-electron chi connectivity index (χ4n) is 4.32. The number of rotatable bonds is 6. The topological polar surface area (TPSA) is 79.3 Å². The molecule has 178 valence electrons. The lowest BCUT2D eigenvalue weighted by atomic mass is 10.0. The highest BCUT2D eigenvalue weighted by Crippen LogP contribution is 2.23. The Labute approximate surface area is 199 Å². The van der Waals surface area contributed by atoms with E-state index in [0.29, 0.717) is 23.0 Å². The minimum Gasteiger partial charge on any atom is -0.325 e. The number of nitrogens with zero attached hydrogens (tertiary/aromatic N) is 3. The van der Waals surface area contributed by atoms with E-state index >= 15 is 0 Å². The van der Waals surface area contributed by atoms with Crippen LogP contribution in [0.5, 0.6) is 0 Å². The fraction of sp³-hybridized carbons (Fsp3) is 0.346. The van der Waals surface area contributed by atoms with Crippen molar-refractivity contribution in [1.29, 1.82) is 0 Å². The molecule has 2 N–H and O–H groups in total. The third-order valence-electron chi connectivity index (χ3n) is 6.29. The molecule has 1 aliphatic rings. The predicted molar refractivity (Wildman–Crippen MR) is 131 cm³/mol. The van der Waals surface area contributed by atoms with Gasteiger partial charge in [-0.25, -0.2) is 9.07 Å². The van der Waals surface area contributed by atoms with E-state index in [9.17, 15) is 14.0 Å². The number of halogens is 1. The largest absolute Gasteiger partial charge is 0.325 e. The summed E-state index contributed by atoms with van der Waals surface area (Å²) >= 11 is 0. The average molecular weight is 464 g/mol. The van der Waals surface area contributed by atoms with Crippen LogP contribution < -0.4 is 10.6 Å². The lowest BCUT2D eigenvalue weighted by Gasteiger charge is -2.32. The van der Waals surface area contributed by atoms with Crippen LogP contribution in [0, 0.1) is 19.7 Å². The van der Waals surface area contributed by atoms with Crippen molar-refractivity contribution in [2.75, 3.05) is 23.7 Å². The number of carbonyl (C=O) groups excluding carboxylic acids is 2. The molecule has 3 aromatic rings. The van der Waals surface area contributed by atoms with Crippen molar-refractivity contribution >= 4 is 23.2 Å². The van der Waals surface area contributed by atoms with Gasteiger partial charge < -0.3 is 10.6 Å². The molecule has 2 heterocycles. The molecule has 7 nitrogen and oxygen atoms in total. The van der Waals surface area contributed by atoms with Gasteiger partial charge in [0.2, 0.25) is 5.91 Å². The van der Waals surface area contributed by atoms with Gasteiger partial charge in [0, 0.05) is 11.7 Å². The first-order valence-electron chi connectivity index (χ1n) is 11.6. The van der Waals surface area contributed by atoms with Crippen LogP contribution in [-0.4, -0.2) is 45.6 Å². The lowest BCUT2D eigenvalue weighted by molar-refractivity contribution is -0.118. The highest BCUT2D eigenvalue weighted by molar-refractivity contribution is 6.05. The van der Waals surface area contributed by atoms with Crippen molar-refractivity contribution in [1.82, 2.24) is 14.7 Å². The van der Waals surface area contributed by atoms with Crippen LogP contribution in [0.1, 0.15) is 47.8 Å². The van der Waals surface area contributed by atoms with Crippen molar-refractivity contribution in [2.24, 2.45) is 0 Å². The maximum absolute atomic E-state index is 14.5. The van der Waals surface area contributed by atoms with Gasteiger partial charge in [-0.1, -0.05) is 18.6 Å². The van der Waals surface area contributed by atoms with Gasteiger partial charge in [-0.15, -0.1) is 0 Å². The number of aryl methyl sites for hydroxylation is 1. The van der Waals surface area contributed by atoms with E-state index in [1.165, 1.54) is 30.8 Å². The molecule has 1 saturated heterocycles. The zero-order valence-electron chi connectivity index (χ0n) is 19.8. The summed E-state index contributed by atoms with van der Waals surface area (Å²) in [6.45, 7) is 7.09. The second kappa shape index (κ2) is 10.2. The number of amides is 2. The van der Waals surface area contributed by atoms with E-state index in [0.717, 1.165) is 30.6 Å². The maximum Gasteiger partial charge on any atom is 0.259 e. The van der Waals surface area contributed by atoms with E-state index in [1.54, 1.807) is 11.6 Å². The molecule has 0 spiro atoms. The molecule has 4 rings (SSSR count). The van der Waals surface area contributed by atoms with E-state index < -0.39 is 11.7 Å². The number of piperidine rings is 1. The standard InChI is InChI=1S/C26H30FN5O2/c1-17-7-6-9-21(13-17)32-19(3)22(15-28-32)26(34)30-24-14-20(10-11-23(24)27)29-25(33)16-31-12-5-4-8-18(31)2/h6-7,9-11,13-15,18H,4-5,8,12,16H2,1-3H3,(H,29,33)(H,30,34). The van der Waals surface area contributed by atoms with Gasteiger partial charge in [-0.2, -0.15) is 5.10 Å². The fourth-order valence-corrected chi connectivity index (χ4v) is 4.32. The Bertz CT molecular complexity index is 1210. The molecule has 1 fully saturated rings. The van der Waals surface area contributed by atoms with Gasteiger partial charge in [0.05, 0.1) is 35.4 Å². The predicted octanol–water partition coefficient (Wildman–Crippen LogP) is 4.69. The van der Waals surface area contributed by atoms with Gasteiger partial charge >= 0.3 is 0 Å². The van der Waals surface area contributed by atoms with Gasteiger partial charge in [-0.3, -0.25) is 14.5 Å². The van der Waals surface area contributed by atoms with E-state index in [1.807, 2.05) is 31.2 Å². The van der Waals surface area contributed by atoms with Crippen LogP contribution in [0.15, 0.2) is 48.7 Å². The number of anilines is 2. The molecule has 0 saturated carbocycles. The Balaban J connectivity index is 1.45. The van der Waals surface area contributed by atoms with Gasteiger partial charge in [0.15, 0.2) is 0 Å². The van der Waals surface area contributed by atoms with Crippen molar-refractivity contribution in [3.05, 3.63) is 71.3 Å². The number of aromatic nitrogens is 2. The average Bonchev–Trinajstić information content (AvgIpc) is 3.19. The summed E-state index contributed by atoms with van der Waals surface area (Å²) in [5.74, 6) is -1.21. The molecule has 2 aromatic carbocycles. The number of benzene rings is 2. The van der Waals surface area contributed by atoms with Crippen molar-refractivity contribution < 1.29 is 14.0 Å². The van der Waals surface area contributed by atoms with E-state index in [2.05, 4.69) is 27.6 Å². The Hall–Kier alpha value is -3.52. The van der Waals surface area contributed by atoms with Crippen molar-refractivity contribution in [2.45, 2.75) is 46.1 Å². The summed E-state index contributed by atoms with van der Waals surface area (Å²) in [5, 5.41) is 9.77. The van der Waals surface area contributed by atoms with Gasteiger partial charge in [0.25, 0.3) is 5.91 Å². The third kappa shape index (κ3) is 5.34. The zero-order chi connectivity index (χ0) is 24.2. The number of hydrogen-bond donors (Lipinski definition) is 2. The zero-order valence-corrected chi connectivity index (χ0v) is 19.8. The van der Waals surface area contributed by atoms with E-state index in [4.69, 9.17) is 0 Å². The SMILES string of the molecule is Cc1cccc(-n2ncc(C(=O)Nc3cc(NC(=O)CN4CCCCC4C)ccc3F)c2C)c1. The number of carbonyl (C=O) groups is 2. The van der Waals surface area contributed by atoms with Crippen LogP contribution in [0.2, 0.25) is 0 Å². The maximum atomic E-state index is 14.5. The monoisotopic (exact) mass is 463 g/mol. The van der Waals surface area contributed by atoms with Crippen molar-refractivity contribution in [3.63, 3.8) is 0 Å². The van der Waals surface area contributed by atoms with Crippen LogP contribution in [-0.2, 0) is 4.79 Å². The Morgan fingerprint density at radius 1 is 1.12 bits per heavy atom. The molecular formula is C26H30FN5O2. The van der Waals surface area contributed by atoms with Gasteiger partial charge in [0.1, 0.15) is 5.82 Å². The first-order chi connectivity index (χ1) is 16.3. The molecule has 1 unspecified atom stereocenters. The Kier molecular flexibility index (Phi) is 7.07. The Morgan fingerprint density at radius 3 is 2.71 bits per heavy atom. The number of nitrogens with one attached hydrogen (secondary N) is 2. The first kappa shape index (κ1) is 23.6. The highest BCUT2D eigenvalue weighted by Gasteiger charge is 2.21. The normalized spacial score (nSPS) is 16.3. The summed E-state index contributed by atoms with van der Waals surface area (Å²) in [7, 11) is 0. The molecule has 2 amide bonds. The minimum absolute atomic E-state index is 0.00292. The van der Waals surface area contributed by atoms with E-state index in [-0.39, 0.29) is 18.1 Å². The molecular weight excluding hydrogens is 433 g/mol. The second-order valence-corrected chi connectivity index (χ2v) is 8.91. The number of likely N-dealkylation sites (tertiary alicyclic amines) is 1. The lowest BCUT2D eigenvalue weighted by Crippen LogP contribution is -2.42. The van der Waals surface area contributed by atoms with Crippen molar-refractivity contribution in [3.8, 4) is 5.69 Å². The molecule has 1 aliphatic heterocycles. The molecule has 0 aliphatic carbocycles. The summed E-state index contributed by atoms with van der Waals surface area (Å²) < 4.78 is 16.1. The first-order valence-corrected chi connectivity index (χ1v) is 11.6. The summed E-state index contributed by atoms with van der Waals surface area (Å²) in [5.41, 5.74) is 3.33. The Morgan fingerprint density at radius 2 is 1.94 bits per heavy atom. The quantitative estimate of drug-likeness (QED) is 0.556. The third-order valence-corrected chi connectivity index (χ3v) is 6.29. The minimum atomic E-state index is -0.584. The van der Waals surface area contributed by atoms with Crippen LogP contribution in [0.4, 0.5) is 15.8 Å². The summed E-state index contributed by atoms with van der Waals surface area (Å²) in [6.07, 6.45) is 4.82. The molecule has 0 radical (unpaired) electrons. The molecule has 1 aromatic heterocycles. The highest BCUT2D eigenvalue weighted by atomic mass is 19.1. The molecule has 8 heteroatoms. The van der Waals surface area contributed by atoms with Crippen LogP contribution >= 0.6 is 0 Å². The van der Waals surface area contributed by atoms with Crippen LogP contribution in [0.25, 0.3) is 5.69 Å². The number of hydrogen-bond acceptors (Lipinski definition) is 4. The van der Waals surface area contributed by atoms with Gasteiger partial charge in [-0.05, 0) is 76.1 Å². The summed E-state index contributed by atoms with van der Waals surface area (Å²) in [4.78, 5) is 27.6. The smallest absolute Gasteiger partial charge is 0.259 e. The van der Waals surface area contributed by atoms with Crippen LogP contribution in [0.3, 0.4) is 0 Å². The molecule has 34 heavy (non-hydrogen) atoms.